The third kappa shape index (κ3) is 2.72. The number of hydrogen-bond acceptors (Lipinski definition) is 3. The molecule has 0 radical (unpaired) electrons. The summed E-state index contributed by atoms with van der Waals surface area (Å²) >= 11 is 0. The van der Waals surface area contributed by atoms with Gasteiger partial charge in [-0.3, -0.25) is 0 Å². The van der Waals surface area contributed by atoms with Gasteiger partial charge in [0.15, 0.2) is 0 Å². The second-order valence-corrected chi connectivity index (χ2v) is 5.21. The molecule has 1 N–H and O–H groups in total. The highest BCUT2D eigenvalue weighted by molar-refractivity contribution is 5.89. The lowest BCUT2D eigenvalue weighted by Gasteiger charge is -2.36. The van der Waals surface area contributed by atoms with Crippen LogP contribution in [0.15, 0.2) is 30.3 Å². The largest absolute Gasteiger partial charge is 0.456 e. The van der Waals surface area contributed by atoms with Crippen molar-refractivity contribution < 1.29 is 14.6 Å². The molecule has 98 valence electrons. The molecule has 1 aliphatic rings. The third-order valence-corrected chi connectivity index (χ3v) is 3.99. The first-order valence-electron chi connectivity index (χ1n) is 6.53. The molecular formula is C15H20O3. The van der Waals surface area contributed by atoms with E-state index in [1.807, 2.05) is 13.0 Å². The summed E-state index contributed by atoms with van der Waals surface area (Å²) in [5.41, 5.74) is 0.538. The molecule has 1 fully saturated rings. The van der Waals surface area contributed by atoms with E-state index in [1.165, 1.54) is 0 Å². The Bertz CT molecular complexity index is 401. The van der Waals surface area contributed by atoms with E-state index in [1.54, 1.807) is 24.3 Å². The lowest BCUT2D eigenvalue weighted by atomic mass is 9.78. The molecule has 3 nitrogen and oxygen atoms in total. The summed E-state index contributed by atoms with van der Waals surface area (Å²) in [6.45, 7) is 4.14. The predicted octanol–water partition coefficient (Wildman–Crippen LogP) is 2.64. The van der Waals surface area contributed by atoms with Gasteiger partial charge in [-0.05, 0) is 36.8 Å². The van der Waals surface area contributed by atoms with Crippen molar-refractivity contribution in [2.24, 2.45) is 11.8 Å². The fourth-order valence-corrected chi connectivity index (χ4v) is 2.44. The Morgan fingerprint density at radius 1 is 1.22 bits per heavy atom. The molecule has 0 spiro atoms. The Hall–Kier alpha value is -1.35. The van der Waals surface area contributed by atoms with Gasteiger partial charge in [-0.15, -0.1) is 0 Å². The standard InChI is InChI=1S/C15H20O3/c1-10-8-9-13(14(16)11(10)2)18-15(17)12-6-4-3-5-7-12/h3-7,10-11,13-14,16H,8-9H2,1-2H3/t10-,11+,13-,14-/m0/s1. The molecule has 2 rings (SSSR count). The Labute approximate surface area is 108 Å². The SMILES string of the molecule is C[C@H]1[C@H](O)[C@@H](OC(=O)c2ccccc2)CC[C@@H]1C. The molecule has 1 aliphatic carbocycles. The van der Waals surface area contributed by atoms with Crippen molar-refractivity contribution in [2.75, 3.05) is 0 Å². The molecule has 1 aromatic rings. The summed E-state index contributed by atoms with van der Waals surface area (Å²) in [5.74, 6) is 0.306. The smallest absolute Gasteiger partial charge is 0.338 e. The Kier molecular flexibility index (Phi) is 4.02. The van der Waals surface area contributed by atoms with Gasteiger partial charge < -0.3 is 9.84 Å². The van der Waals surface area contributed by atoms with E-state index in [0.29, 0.717) is 11.5 Å². The van der Waals surface area contributed by atoms with E-state index in [2.05, 4.69) is 6.92 Å². The second kappa shape index (κ2) is 5.53. The van der Waals surface area contributed by atoms with E-state index >= 15 is 0 Å². The summed E-state index contributed by atoms with van der Waals surface area (Å²) in [4.78, 5) is 11.9. The van der Waals surface area contributed by atoms with E-state index < -0.39 is 6.10 Å². The molecule has 0 heterocycles. The minimum atomic E-state index is -0.554. The van der Waals surface area contributed by atoms with Crippen LogP contribution in [-0.2, 0) is 4.74 Å². The maximum atomic E-state index is 11.9. The molecule has 18 heavy (non-hydrogen) atoms. The van der Waals surface area contributed by atoms with Crippen LogP contribution in [0.5, 0.6) is 0 Å². The van der Waals surface area contributed by atoms with E-state index in [0.717, 1.165) is 12.8 Å². The molecule has 3 heteroatoms. The number of carbonyl (C=O) groups is 1. The minimum absolute atomic E-state index is 0.173. The summed E-state index contributed by atoms with van der Waals surface area (Å²) in [6, 6.07) is 8.92. The van der Waals surface area contributed by atoms with Gasteiger partial charge in [0.25, 0.3) is 0 Å². The average Bonchev–Trinajstić information content (AvgIpc) is 2.40. The van der Waals surface area contributed by atoms with Crippen molar-refractivity contribution in [1.29, 1.82) is 0 Å². The molecule has 0 unspecified atom stereocenters. The summed E-state index contributed by atoms with van der Waals surface area (Å²) in [5, 5.41) is 10.1. The molecular weight excluding hydrogens is 228 g/mol. The van der Waals surface area contributed by atoms with Gasteiger partial charge >= 0.3 is 5.97 Å². The van der Waals surface area contributed by atoms with Crippen molar-refractivity contribution >= 4 is 5.97 Å². The lowest BCUT2D eigenvalue weighted by molar-refractivity contribution is -0.0714. The van der Waals surface area contributed by atoms with Crippen LogP contribution in [0.4, 0.5) is 0 Å². The number of carbonyl (C=O) groups excluding carboxylic acids is 1. The normalized spacial score (nSPS) is 31.9. The van der Waals surface area contributed by atoms with Crippen molar-refractivity contribution in [3.8, 4) is 0 Å². The average molecular weight is 248 g/mol. The van der Waals surface area contributed by atoms with Crippen LogP contribution < -0.4 is 0 Å². The van der Waals surface area contributed by atoms with Gasteiger partial charge in [-0.25, -0.2) is 4.79 Å². The Morgan fingerprint density at radius 3 is 2.56 bits per heavy atom. The van der Waals surface area contributed by atoms with Crippen LogP contribution in [0.1, 0.15) is 37.0 Å². The van der Waals surface area contributed by atoms with Crippen LogP contribution in [0.2, 0.25) is 0 Å². The minimum Gasteiger partial charge on any atom is -0.456 e. The molecule has 0 aliphatic heterocycles. The van der Waals surface area contributed by atoms with Crippen LogP contribution in [0.3, 0.4) is 0 Å². The van der Waals surface area contributed by atoms with Crippen LogP contribution in [-0.4, -0.2) is 23.3 Å². The van der Waals surface area contributed by atoms with Crippen LogP contribution in [0.25, 0.3) is 0 Å². The number of benzene rings is 1. The summed E-state index contributed by atoms with van der Waals surface area (Å²) in [7, 11) is 0. The Balaban J connectivity index is 2.00. The fourth-order valence-electron chi connectivity index (χ4n) is 2.44. The zero-order valence-electron chi connectivity index (χ0n) is 10.9. The third-order valence-electron chi connectivity index (χ3n) is 3.99. The van der Waals surface area contributed by atoms with Gasteiger partial charge in [0.05, 0.1) is 11.7 Å². The fraction of sp³-hybridized carbons (Fsp3) is 0.533. The van der Waals surface area contributed by atoms with Gasteiger partial charge in [0.2, 0.25) is 0 Å². The highest BCUT2D eigenvalue weighted by Gasteiger charge is 2.35. The zero-order valence-corrected chi connectivity index (χ0v) is 10.9. The van der Waals surface area contributed by atoms with Gasteiger partial charge in [0, 0.05) is 0 Å². The molecule has 1 aromatic carbocycles. The van der Waals surface area contributed by atoms with E-state index in [4.69, 9.17) is 4.74 Å². The van der Waals surface area contributed by atoms with Gasteiger partial charge in [-0.2, -0.15) is 0 Å². The summed E-state index contributed by atoms with van der Waals surface area (Å²) < 4.78 is 5.42. The summed E-state index contributed by atoms with van der Waals surface area (Å²) in [6.07, 6.45) is 0.807. The number of aliphatic hydroxyl groups excluding tert-OH is 1. The molecule has 0 amide bonds. The van der Waals surface area contributed by atoms with Gasteiger partial charge in [0.1, 0.15) is 6.10 Å². The molecule has 0 bridgehead atoms. The number of esters is 1. The highest BCUT2D eigenvalue weighted by atomic mass is 16.6. The van der Waals surface area contributed by atoms with Crippen LogP contribution in [0, 0.1) is 11.8 Å². The zero-order chi connectivity index (χ0) is 13.1. The number of hydrogen-bond donors (Lipinski definition) is 1. The molecule has 4 atom stereocenters. The first kappa shape index (κ1) is 13.1. The number of ether oxygens (including phenoxy) is 1. The first-order valence-corrected chi connectivity index (χ1v) is 6.53. The van der Waals surface area contributed by atoms with Crippen LogP contribution >= 0.6 is 0 Å². The molecule has 1 saturated carbocycles. The van der Waals surface area contributed by atoms with E-state index in [9.17, 15) is 9.90 Å². The molecule has 0 saturated heterocycles. The van der Waals surface area contributed by atoms with Gasteiger partial charge in [-0.1, -0.05) is 32.0 Å². The van der Waals surface area contributed by atoms with Crippen molar-refractivity contribution in [3.63, 3.8) is 0 Å². The highest BCUT2D eigenvalue weighted by Crippen LogP contribution is 2.31. The lowest BCUT2D eigenvalue weighted by Crippen LogP contribution is -2.42. The predicted molar refractivity (Wildman–Crippen MR) is 69.2 cm³/mol. The second-order valence-electron chi connectivity index (χ2n) is 5.21. The van der Waals surface area contributed by atoms with Crippen molar-refractivity contribution in [2.45, 2.75) is 38.9 Å². The number of aliphatic hydroxyl groups is 1. The van der Waals surface area contributed by atoms with E-state index in [-0.39, 0.29) is 18.0 Å². The number of rotatable bonds is 2. The quantitative estimate of drug-likeness (QED) is 0.818. The Morgan fingerprint density at radius 2 is 1.89 bits per heavy atom. The topological polar surface area (TPSA) is 46.5 Å². The van der Waals surface area contributed by atoms with Crippen molar-refractivity contribution in [3.05, 3.63) is 35.9 Å². The molecule has 0 aromatic heterocycles. The monoisotopic (exact) mass is 248 g/mol. The maximum absolute atomic E-state index is 11.9. The van der Waals surface area contributed by atoms with Crippen molar-refractivity contribution in [1.82, 2.24) is 0 Å². The maximum Gasteiger partial charge on any atom is 0.338 e. The first-order chi connectivity index (χ1) is 8.59.